The third-order valence-corrected chi connectivity index (χ3v) is 2.51. The Kier molecular flexibility index (Phi) is 3.08. The van der Waals surface area contributed by atoms with Gasteiger partial charge in [-0.25, -0.2) is 4.68 Å². The first-order valence-electron chi connectivity index (χ1n) is 5.20. The van der Waals surface area contributed by atoms with E-state index in [1.807, 2.05) is 24.3 Å². The van der Waals surface area contributed by atoms with E-state index in [-0.39, 0.29) is 0 Å². The van der Waals surface area contributed by atoms with Crippen molar-refractivity contribution in [1.82, 2.24) is 9.78 Å². The molecule has 0 bridgehead atoms. The molecule has 1 heterocycles. The Morgan fingerprint density at radius 3 is 2.44 bits per heavy atom. The summed E-state index contributed by atoms with van der Waals surface area (Å²) in [4.78, 5) is 0. The zero-order chi connectivity index (χ0) is 11.5. The van der Waals surface area contributed by atoms with Crippen molar-refractivity contribution in [1.29, 1.82) is 0 Å². The standard InChI is InChI=1S/C11H13BN2O2/c1-2-9-3-5-11(6-4-9)14-8-10(7-13-14)12(15)16/h3-8,15-16H,2H2,1H3. The number of nitrogens with zero attached hydrogens (tertiary/aromatic N) is 2. The van der Waals surface area contributed by atoms with Gasteiger partial charge in [0.15, 0.2) is 0 Å². The van der Waals surface area contributed by atoms with Crippen LogP contribution in [0, 0.1) is 0 Å². The molecule has 0 saturated carbocycles. The summed E-state index contributed by atoms with van der Waals surface area (Å²) in [6.07, 6.45) is 4.05. The normalized spacial score (nSPS) is 10.4. The number of aromatic nitrogens is 2. The number of rotatable bonds is 3. The second-order valence-electron chi connectivity index (χ2n) is 3.61. The molecule has 0 amide bonds. The molecule has 4 nitrogen and oxygen atoms in total. The summed E-state index contributed by atoms with van der Waals surface area (Å²) in [5.41, 5.74) is 2.56. The van der Waals surface area contributed by atoms with Crippen LogP contribution in [0.2, 0.25) is 0 Å². The largest absolute Gasteiger partial charge is 0.491 e. The maximum Gasteiger partial charge on any atom is 0.491 e. The monoisotopic (exact) mass is 216 g/mol. The molecule has 82 valence electrons. The molecule has 0 aliphatic rings. The lowest BCUT2D eigenvalue weighted by molar-refractivity contribution is 0.426. The van der Waals surface area contributed by atoms with E-state index in [1.165, 1.54) is 11.8 Å². The molecule has 0 aliphatic heterocycles. The van der Waals surface area contributed by atoms with Crippen LogP contribution in [0.1, 0.15) is 12.5 Å². The average molecular weight is 216 g/mol. The fraction of sp³-hybridized carbons (Fsp3) is 0.182. The maximum atomic E-state index is 8.97. The van der Waals surface area contributed by atoms with Crippen LogP contribution in [0.25, 0.3) is 5.69 Å². The topological polar surface area (TPSA) is 58.3 Å². The molecule has 1 aromatic heterocycles. The highest BCUT2D eigenvalue weighted by atomic mass is 16.4. The number of aryl methyl sites for hydroxylation is 1. The molecule has 5 heteroatoms. The molecule has 0 aliphatic carbocycles. The minimum atomic E-state index is -1.47. The van der Waals surface area contributed by atoms with Crippen LogP contribution in [0.4, 0.5) is 0 Å². The Bertz CT molecular complexity index is 465. The van der Waals surface area contributed by atoms with Crippen LogP contribution < -0.4 is 5.46 Å². The zero-order valence-electron chi connectivity index (χ0n) is 9.04. The van der Waals surface area contributed by atoms with Crippen LogP contribution in [0.15, 0.2) is 36.7 Å². The van der Waals surface area contributed by atoms with Gasteiger partial charge in [0, 0.05) is 17.9 Å². The first-order chi connectivity index (χ1) is 7.70. The van der Waals surface area contributed by atoms with Crippen molar-refractivity contribution in [2.45, 2.75) is 13.3 Å². The van der Waals surface area contributed by atoms with E-state index in [0.717, 1.165) is 12.1 Å². The Morgan fingerprint density at radius 2 is 1.94 bits per heavy atom. The van der Waals surface area contributed by atoms with Crippen molar-refractivity contribution in [3.8, 4) is 5.69 Å². The Balaban J connectivity index is 2.28. The van der Waals surface area contributed by atoms with Gasteiger partial charge in [-0.05, 0) is 24.1 Å². The molecule has 2 aromatic rings. The summed E-state index contributed by atoms with van der Waals surface area (Å²) < 4.78 is 1.62. The Hall–Kier alpha value is -1.59. The van der Waals surface area contributed by atoms with Gasteiger partial charge in [-0.3, -0.25) is 0 Å². The van der Waals surface area contributed by atoms with Crippen molar-refractivity contribution < 1.29 is 10.0 Å². The molecule has 0 atom stereocenters. The SMILES string of the molecule is CCc1ccc(-n2cc(B(O)O)cn2)cc1. The highest BCUT2D eigenvalue weighted by Crippen LogP contribution is 2.08. The van der Waals surface area contributed by atoms with Gasteiger partial charge in [0.2, 0.25) is 0 Å². The van der Waals surface area contributed by atoms with Crippen LogP contribution in [-0.2, 0) is 6.42 Å². The molecule has 0 saturated heterocycles. The summed E-state index contributed by atoms with van der Waals surface area (Å²) in [5.74, 6) is 0. The first kappa shape index (κ1) is 10.9. The maximum absolute atomic E-state index is 8.97. The van der Waals surface area contributed by atoms with Gasteiger partial charge in [0.05, 0.1) is 5.69 Å². The second-order valence-corrected chi connectivity index (χ2v) is 3.61. The summed E-state index contributed by atoms with van der Waals surface area (Å²) in [6, 6.07) is 7.98. The average Bonchev–Trinajstić information content (AvgIpc) is 2.78. The molecular formula is C11H13BN2O2. The minimum Gasteiger partial charge on any atom is -0.423 e. The van der Waals surface area contributed by atoms with E-state index in [1.54, 1.807) is 10.9 Å². The second kappa shape index (κ2) is 4.51. The highest BCUT2D eigenvalue weighted by molar-refractivity contribution is 6.58. The lowest BCUT2D eigenvalue weighted by atomic mass is 9.83. The molecule has 0 radical (unpaired) electrons. The van der Waals surface area contributed by atoms with Crippen molar-refractivity contribution in [2.24, 2.45) is 0 Å². The van der Waals surface area contributed by atoms with Crippen LogP contribution >= 0.6 is 0 Å². The zero-order valence-corrected chi connectivity index (χ0v) is 9.04. The predicted octanol–water partition coefficient (Wildman–Crippen LogP) is 0.114. The minimum absolute atomic E-state index is 0.388. The molecule has 0 unspecified atom stereocenters. The summed E-state index contributed by atoms with van der Waals surface area (Å²) in [5, 5.41) is 22.0. The quantitative estimate of drug-likeness (QED) is 0.716. The number of hydrogen-bond acceptors (Lipinski definition) is 3. The van der Waals surface area contributed by atoms with E-state index >= 15 is 0 Å². The van der Waals surface area contributed by atoms with E-state index in [9.17, 15) is 0 Å². The van der Waals surface area contributed by atoms with E-state index in [4.69, 9.17) is 10.0 Å². The molecule has 0 fully saturated rings. The first-order valence-corrected chi connectivity index (χ1v) is 5.20. The molecule has 1 aromatic carbocycles. The van der Waals surface area contributed by atoms with E-state index in [0.29, 0.717) is 5.46 Å². The van der Waals surface area contributed by atoms with Gasteiger partial charge < -0.3 is 10.0 Å². The lowest BCUT2D eigenvalue weighted by Crippen LogP contribution is -2.28. The summed E-state index contributed by atoms with van der Waals surface area (Å²) in [6.45, 7) is 2.10. The smallest absolute Gasteiger partial charge is 0.423 e. The van der Waals surface area contributed by atoms with Gasteiger partial charge >= 0.3 is 7.12 Å². The van der Waals surface area contributed by atoms with Gasteiger partial charge in [0.1, 0.15) is 0 Å². The van der Waals surface area contributed by atoms with E-state index in [2.05, 4.69) is 12.0 Å². The predicted molar refractivity (Wildman–Crippen MR) is 62.8 cm³/mol. The lowest BCUT2D eigenvalue weighted by Gasteiger charge is -2.02. The Morgan fingerprint density at radius 1 is 1.25 bits per heavy atom. The van der Waals surface area contributed by atoms with E-state index < -0.39 is 7.12 Å². The van der Waals surface area contributed by atoms with Crippen LogP contribution in [0.5, 0.6) is 0 Å². The fourth-order valence-electron chi connectivity index (χ4n) is 1.50. The van der Waals surface area contributed by atoms with Gasteiger partial charge in [-0.1, -0.05) is 19.1 Å². The van der Waals surface area contributed by atoms with Gasteiger partial charge in [-0.15, -0.1) is 0 Å². The van der Waals surface area contributed by atoms with Crippen molar-refractivity contribution >= 4 is 12.6 Å². The van der Waals surface area contributed by atoms with Gasteiger partial charge in [-0.2, -0.15) is 5.10 Å². The summed E-state index contributed by atoms with van der Waals surface area (Å²) >= 11 is 0. The highest BCUT2D eigenvalue weighted by Gasteiger charge is 2.13. The Labute approximate surface area is 94.3 Å². The van der Waals surface area contributed by atoms with Crippen molar-refractivity contribution in [3.63, 3.8) is 0 Å². The van der Waals surface area contributed by atoms with Crippen molar-refractivity contribution in [3.05, 3.63) is 42.2 Å². The molecule has 16 heavy (non-hydrogen) atoms. The van der Waals surface area contributed by atoms with Gasteiger partial charge in [0.25, 0.3) is 0 Å². The number of hydrogen-bond donors (Lipinski definition) is 2. The van der Waals surface area contributed by atoms with Crippen LogP contribution in [-0.4, -0.2) is 26.9 Å². The molecule has 2 N–H and O–H groups in total. The molecule has 2 rings (SSSR count). The third kappa shape index (κ3) is 2.15. The molecule has 0 spiro atoms. The van der Waals surface area contributed by atoms with Crippen molar-refractivity contribution in [2.75, 3.05) is 0 Å². The third-order valence-electron chi connectivity index (χ3n) is 2.51. The molecular weight excluding hydrogens is 203 g/mol. The summed E-state index contributed by atoms with van der Waals surface area (Å²) in [7, 11) is -1.47. The van der Waals surface area contributed by atoms with Crippen LogP contribution in [0.3, 0.4) is 0 Å². The number of benzene rings is 1. The fourth-order valence-corrected chi connectivity index (χ4v) is 1.50.